The zero-order chi connectivity index (χ0) is 22.5. The lowest BCUT2D eigenvalue weighted by Gasteiger charge is -2.40. The van der Waals surface area contributed by atoms with Crippen LogP contribution in [0.5, 0.6) is 0 Å². The summed E-state index contributed by atoms with van der Waals surface area (Å²) >= 11 is 0. The molecule has 2 saturated heterocycles. The van der Waals surface area contributed by atoms with Gasteiger partial charge in [0.25, 0.3) is 0 Å². The van der Waals surface area contributed by atoms with Gasteiger partial charge >= 0.3 is 5.97 Å². The maximum absolute atomic E-state index is 12.9. The topological polar surface area (TPSA) is 63.2 Å². The molecule has 2 bridgehead atoms. The fourth-order valence-corrected chi connectivity index (χ4v) is 4.15. The highest BCUT2D eigenvalue weighted by Gasteiger charge is 2.54. The van der Waals surface area contributed by atoms with Gasteiger partial charge in [0.05, 0.1) is 25.4 Å². The van der Waals surface area contributed by atoms with Crippen molar-refractivity contribution in [2.24, 2.45) is 0 Å². The lowest BCUT2D eigenvalue weighted by Crippen LogP contribution is -2.57. The van der Waals surface area contributed by atoms with Crippen LogP contribution in [0.25, 0.3) is 0 Å². The van der Waals surface area contributed by atoms with Crippen LogP contribution < -0.4 is 0 Å². The van der Waals surface area contributed by atoms with Crippen molar-refractivity contribution in [3.8, 4) is 0 Å². The summed E-state index contributed by atoms with van der Waals surface area (Å²) < 4.78 is 30.4. The Balaban J connectivity index is 1.37. The Labute approximate surface area is 193 Å². The standard InChI is InChI=1S/C27H26O6/c28-26(21-14-8-3-9-15-21)33-25-24(30-17-20-12-6-2-7-13-20)23(22-18-31-27(25)32-22)29-16-19-10-4-1-5-11-19/h1-15,22-25,27H,16-18H2/t22-,23-,24+,25-,27-/m1/s1. The number of fused-ring (bicyclic) bond motifs is 2. The van der Waals surface area contributed by atoms with Crippen molar-refractivity contribution < 1.29 is 28.5 Å². The van der Waals surface area contributed by atoms with Crippen molar-refractivity contribution in [3.63, 3.8) is 0 Å². The average molecular weight is 446 g/mol. The number of benzene rings is 3. The lowest BCUT2D eigenvalue weighted by atomic mass is 9.99. The van der Waals surface area contributed by atoms with E-state index in [1.165, 1.54) is 0 Å². The van der Waals surface area contributed by atoms with Crippen LogP contribution in [0.2, 0.25) is 0 Å². The van der Waals surface area contributed by atoms with Crippen LogP contribution in [-0.2, 0) is 36.9 Å². The monoisotopic (exact) mass is 446 g/mol. The number of hydrogen-bond acceptors (Lipinski definition) is 6. The fourth-order valence-electron chi connectivity index (χ4n) is 4.15. The van der Waals surface area contributed by atoms with Gasteiger partial charge < -0.3 is 23.7 Å². The molecule has 0 N–H and O–H groups in total. The molecule has 0 saturated carbocycles. The van der Waals surface area contributed by atoms with Gasteiger partial charge in [-0.1, -0.05) is 78.9 Å². The summed E-state index contributed by atoms with van der Waals surface area (Å²) in [7, 11) is 0. The average Bonchev–Trinajstić information content (AvgIpc) is 3.31. The van der Waals surface area contributed by atoms with Crippen molar-refractivity contribution in [2.75, 3.05) is 6.61 Å². The third kappa shape index (κ3) is 5.15. The van der Waals surface area contributed by atoms with Crippen molar-refractivity contribution in [1.29, 1.82) is 0 Å². The number of rotatable bonds is 8. The molecule has 5 atom stereocenters. The molecule has 0 amide bonds. The molecule has 170 valence electrons. The third-order valence-corrected chi connectivity index (χ3v) is 5.84. The minimum absolute atomic E-state index is 0.300. The summed E-state index contributed by atoms with van der Waals surface area (Å²) in [6.45, 7) is 1.10. The smallest absolute Gasteiger partial charge is 0.338 e. The Morgan fingerprint density at radius 1 is 0.727 bits per heavy atom. The molecule has 6 heteroatoms. The molecule has 2 aliphatic heterocycles. The van der Waals surface area contributed by atoms with E-state index in [1.807, 2.05) is 66.7 Å². The highest BCUT2D eigenvalue weighted by molar-refractivity contribution is 5.89. The molecule has 0 aromatic heterocycles. The van der Waals surface area contributed by atoms with E-state index in [0.29, 0.717) is 25.4 Å². The van der Waals surface area contributed by atoms with Crippen LogP contribution in [0.1, 0.15) is 21.5 Å². The highest BCUT2D eigenvalue weighted by atomic mass is 16.8. The van der Waals surface area contributed by atoms with Gasteiger partial charge in [-0.25, -0.2) is 4.79 Å². The summed E-state index contributed by atoms with van der Waals surface area (Å²) in [5.41, 5.74) is 2.52. The van der Waals surface area contributed by atoms with Crippen molar-refractivity contribution in [3.05, 3.63) is 108 Å². The Morgan fingerprint density at radius 2 is 1.27 bits per heavy atom. The molecular formula is C27H26O6. The predicted molar refractivity (Wildman–Crippen MR) is 120 cm³/mol. The van der Waals surface area contributed by atoms with Crippen LogP contribution in [-0.4, -0.2) is 43.3 Å². The van der Waals surface area contributed by atoms with Gasteiger partial charge in [-0.3, -0.25) is 0 Å². The maximum Gasteiger partial charge on any atom is 0.338 e. The summed E-state index contributed by atoms with van der Waals surface area (Å²) in [5.74, 6) is -0.451. The van der Waals surface area contributed by atoms with Gasteiger partial charge in [-0.05, 0) is 23.3 Å². The van der Waals surface area contributed by atoms with Crippen LogP contribution in [0.15, 0.2) is 91.0 Å². The molecule has 2 heterocycles. The molecule has 33 heavy (non-hydrogen) atoms. The van der Waals surface area contributed by atoms with Gasteiger partial charge in [0.2, 0.25) is 0 Å². The normalized spacial score (nSPS) is 26.1. The molecule has 6 nitrogen and oxygen atoms in total. The van der Waals surface area contributed by atoms with E-state index in [-0.39, 0.29) is 6.10 Å². The quantitative estimate of drug-likeness (QED) is 0.485. The van der Waals surface area contributed by atoms with Gasteiger partial charge in [-0.2, -0.15) is 0 Å². The first-order valence-corrected chi connectivity index (χ1v) is 11.1. The van der Waals surface area contributed by atoms with Crippen molar-refractivity contribution in [2.45, 2.75) is 43.9 Å². The van der Waals surface area contributed by atoms with Gasteiger partial charge in [-0.15, -0.1) is 0 Å². The minimum atomic E-state index is -0.763. The van der Waals surface area contributed by atoms with E-state index < -0.39 is 30.6 Å². The van der Waals surface area contributed by atoms with Gasteiger partial charge in [0, 0.05) is 0 Å². The Kier molecular flexibility index (Phi) is 6.79. The van der Waals surface area contributed by atoms with Crippen molar-refractivity contribution >= 4 is 5.97 Å². The molecule has 2 fully saturated rings. The molecule has 2 aliphatic rings. The van der Waals surface area contributed by atoms with E-state index in [1.54, 1.807) is 24.3 Å². The fraction of sp³-hybridized carbons (Fsp3) is 0.296. The summed E-state index contributed by atoms with van der Waals surface area (Å²) in [6, 6.07) is 28.7. The Morgan fingerprint density at radius 3 is 1.88 bits per heavy atom. The molecule has 0 aliphatic carbocycles. The van der Waals surface area contributed by atoms with E-state index in [9.17, 15) is 4.79 Å². The first-order chi connectivity index (χ1) is 16.3. The highest BCUT2D eigenvalue weighted by Crippen LogP contribution is 2.35. The van der Waals surface area contributed by atoms with E-state index >= 15 is 0 Å². The molecule has 0 unspecified atom stereocenters. The molecule has 0 radical (unpaired) electrons. The minimum Gasteiger partial charge on any atom is -0.450 e. The SMILES string of the molecule is O=C(O[C@H]1[C@@H]2OC[C@@H](O2)[C@@H](OCc2ccccc2)[C@@H]1OCc1ccccc1)c1ccccc1. The van der Waals surface area contributed by atoms with E-state index in [0.717, 1.165) is 11.1 Å². The summed E-state index contributed by atoms with van der Waals surface area (Å²) in [6.07, 6.45) is -2.76. The molecule has 0 spiro atoms. The van der Waals surface area contributed by atoms with Crippen molar-refractivity contribution in [1.82, 2.24) is 0 Å². The number of hydrogen-bond donors (Lipinski definition) is 0. The Hall–Kier alpha value is -3.03. The van der Waals surface area contributed by atoms with Crippen LogP contribution in [0.4, 0.5) is 0 Å². The molecule has 3 aromatic carbocycles. The van der Waals surface area contributed by atoms with Crippen LogP contribution in [0.3, 0.4) is 0 Å². The summed E-state index contributed by atoms with van der Waals surface area (Å²) in [5, 5.41) is 0. The predicted octanol–water partition coefficient (Wildman–Crippen LogP) is 4.14. The van der Waals surface area contributed by atoms with E-state index in [2.05, 4.69) is 0 Å². The number of ether oxygens (including phenoxy) is 5. The van der Waals surface area contributed by atoms with E-state index in [4.69, 9.17) is 23.7 Å². The van der Waals surface area contributed by atoms with Gasteiger partial charge in [0.1, 0.15) is 18.3 Å². The molecular weight excluding hydrogens is 420 g/mol. The second kappa shape index (κ2) is 10.3. The largest absolute Gasteiger partial charge is 0.450 e. The number of carbonyl (C=O) groups excluding carboxylic acids is 1. The zero-order valence-electron chi connectivity index (χ0n) is 18.1. The number of esters is 1. The number of carbonyl (C=O) groups is 1. The third-order valence-electron chi connectivity index (χ3n) is 5.84. The molecule has 5 rings (SSSR count). The first kappa shape index (κ1) is 21.8. The Bertz CT molecular complexity index is 1030. The first-order valence-electron chi connectivity index (χ1n) is 11.1. The summed E-state index contributed by atoms with van der Waals surface area (Å²) in [4.78, 5) is 12.9. The van der Waals surface area contributed by atoms with Gasteiger partial charge in [0.15, 0.2) is 12.4 Å². The lowest BCUT2D eigenvalue weighted by molar-refractivity contribution is -0.253. The second-order valence-electron chi connectivity index (χ2n) is 8.13. The maximum atomic E-state index is 12.9. The second-order valence-corrected chi connectivity index (χ2v) is 8.13. The van der Waals surface area contributed by atoms with Crippen LogP contribution >= 0.6 is 0 Å². The molecule has 3 aromatic rings. The van der Waals surface area contributed by atoms with Crippen LogP contribution in [0, 0.1) is 0 Å². The zero-order valence-corrected chi connectivity index (χ0v) is 18.1.